The molecular weight excluding hydrogens is 446 g/mol. The number of aromatic amines is 1. The van der Waals surface area contributed by atoms with Crippen LogP contribution < -0.4 is 10.6 Å². The molecule has 0 spiro atoms. The molecule has 3 aromatic carbocycles. The van der Waals surface area contributed by atoms with Gasteiger partial charge >= 0.3 is 0 Å². The number of aromatic nitrogens is 3. The number of carbonyl (C=O) groups excluding carboxylic acids is 2. The first kappa shape index (κ1) is 20.3. The van der Waals surface area contributed by atoms with Gasteiger partial charge in [0.25, 0.3) is 11.8 Å². The van der Waals surface area contributed by atoms with Gasteiger partial charge in [-0.15, -0.1) is 0 Å². The number of nitrogens with zero attached hydrogens (tertiary/aromatic N) is 2. The van der Waals surface area contributed by atoms with Crippen LogP contribution in [-0.2, 0) is 12.8 Å². The standard InChI is InChI=1S/C26H19N5O2S/c32-24(16-7-2-1-3-8-16)29-26-28-20-14-17(11-13-21(20)34-26)27-25(33)23-19-12-10-15-6-4-5-9-18(15)22(19)30-31-23/h1-9,11,13-14H,10,12H2,(H,27,33)(H,30,31)(H,28,29,32). The molecule has 5 aromatic rings. The zero-order chi connectivity index (χ0) is 23.1. The van der Waals surface area contributed by atoms with Crippen LogP contribution in [0.15, 0.2) is 72.8 Å². The number of thiazole rings is 1. The Labute approximate surface area is 198 Å². The van der Waals surface area contributed by atoms with E-state index in [1.54, 1.807) is 18.2 Å². The van der Waals surface area contributed by atoms with Crippen LogP contribution in [0.25, 0.3) is 21.5 Å². The second-order valence-corrected chi connectivity index (χ2v) is 9.09. The normalized spacial score (nSPS) is 12.1. The first-order valence-corrected chi connectivity index (χ1v) is 11.7. The van der Waals surface area contributed by atoms with Gasteiger partial charge in [0.05, 0.1) is 15.9 Å². The minimum absolute atomic E-state index is 0.209. The van der Waals surface area contributed by atoms with E-state index in [9.17, 15) is 9.59 Å². The third kappa shape index (κ3) is 3.64. The third-order valence-electron chi connectivity index (χ3n) is 5.91. The lowest BCUT2D eigenvalue weighted by atomic mass is 9.89. The van der Waals surface area contributed by atoms with E-state index in [1.165, 1.54) is 16.9 Å². The number of anilines is 2. The summed E-state index contributed by atoms with van der Waals surface area (Å²) in [5.41, 5.74) is 6.50. The molecule has 6 rings (SSSR count). The second-order valence-electron chi connectivity index (χ2n) is 8.06. The van der Waals surface area contributed by atoms with Crippen LogP contribution in [0.4, 0.5) is 10.8 Å². The molecule has 2 aromatic heterocycles. The molecule has 0 aliphatic heterocycles. The Morgan fingerprint density at radius 3 is 2.59 bits per heavy atom. The van der Waals surface area contributed by atoms with Crippen LogP contribution in [0.5, 0.6) is 0 Å². The largest absolute Gasteiger partial charge is 0.321 e. The molecule has 2 heterocycles. The molecular formula is C26H19N5O2S. The lowest BCUT2D eigenvalue weighted by Gasteiger charge is -2.15. The average molecular weight is 466 g/mol. The molecule has 0 saturated carbocycles. The van der Waals surface area contributed by atoms with Crippen molar-refractivity contribution >= 4 is 44.2 Å². The Hall–Kier alpha value is -4.30. The zero-order valence-corrected chi connectivity index (χ0v) is 18.8. The summed E-state index contributed by atoms with van der Waals surface area (Å²) >= 11 is 1.39. The van der Waals surface area contributed by atoms with Crippen molar-refractivity contribution in [2.75, 3.05) is 10.6 Å². The molecule has 166 valence electrons. The van der Waals surface area contributed by atoms with Crippen molar-refractivity contribution in [3.63, 3.8) is 0 Å². The van der Waals surface area contributed by atoms with Gasteiger partial charge in [0.2, 0.25) is 0 Å². The van der Waals surface area contributed by atoms with Gasteiger partial charge in [0.15, 0.2) is 5.13 Å². The molecule has 3 N–H and O–H groups in total. The van der Waals surface area contributed by atoms with Crippen molar-refractivity contribution in [3.8, 4) is 11.3 Å². The van der Waals surface area contributed by atoms with Gasteiger partial charge in [-0.2, -0.15) is 5.10 Å². The Morgan fingerprint density at radius 1 is 0.882 bits per heavy atom. The van der Waals surface area contributed by atoms with Crippen LogP contribution in [0.1, 0.15) is 32.0 Å². The van der Waals surface area contributed by atoms with E-state index in [-0.39, 0.29) is 11.8 Å². The van der Waals surface area contributed by atoms with Gasteiger partial charge in [0.1, 0.15) is 5.69 Å². The number of carbonyl (C=O) groups is 2. The lowest BCUT2D eigenvalue weighted by molar-refractivity contribution is 0.101. The molecule has 0 bridgehead atoms. The molecule has 34 heavy (non-hydrogen) atoms. The predicted octanol–water partition coefficient (Wildman–Crippen LogP) is 5.29. The molecule has 2 amide bonds. The summed E-state index contributed by atoms with van der Waals surface area (Å²) in [4.78, 5) is 30.0. The first-order valence-electron chi connectivity index (χ1n) is 10.9. The maximum atomic E-state index is 13.0. The van der Waals surface area contributed by atoms with Gasteiger partial charge in [0, 0.05) is 22.4 Å². The summed E-state index contributed by atoms with van der Waals surface area (Å²) in [6.07, 6.45) is 1.65. The maximum Gasteiger partial charge on any atom is 0.273 e. The van der Waals surface area contributed by atoms with Crippen molar-refractivity contribution in [1.29, 1.82) is 0 Å². The van der Waals surface area contributed by atoms with Crippen LogP contribution in [0.2, 0.25) is 0 Å². The Morgan fingerprint density at radius 2 is 1.71 bits per heavy atom. The van der Waals surface area contributed by atoms with Crippen LogP contribution in [0, 0.1) is 0 Å². The van der Waals surface area contributed by atoms with E-state index in [0.717, 1.165) is 34.4 Å². The number of benzene rings is 3. The highest BCUT2D eigenvalue weighted by Gasteiger charge is 2.25. The summed E-state index contributed by atoms with van der Waals surface area (Å²) in [5.74, 6) is -0.445. The topological polar surface area (TPSA) is 99.8 Å². The lowest BCUT2D eigenvalue weighted by Crippen LogP contribution is -2.15. The molecule has 1 aliphatic carbocycles. The molecule has 8 heteroatoms. The Kier molecular flexibility index (Phi) is 4.92. The van der Waals surface area contributed by atoms with E-state index < -0.39 is 0 Å². The summed E-state index contributed by atoms with van der Waals surface area (Å²) in [7, 11) is 0. The van der Waals surface area contributed by atoms with Gasteiger partial charge in [-0.05, 0) is 48.7 Å². The van der Waals surface area contributed by atoms with E-state index in [2.05, 4.69) is 31.9 Å². The Balaban J connectivity index is 1.22. The summed E-state index contributed by atoms with van der Waals surface area (Å²) in [6, 6.07) is 22.7. The number of hydrogen-bond donors (Lipinski definition) is 3. The third-order valence-corrected chi connectivity index (χ3v) is 6.86. The summed E-state index contributed by atoms with van der Waals surface area (Å²) < 4.78 is 0.914. The molecule has 0 fully saturated rings. The predicted molar refractivity (Wildman–Crippen MR) is 133 cm³/mol. The number of rotatable bonds is 4. The van der Waals surface area contributed by atoms with Crippen molar-refractivity contribution in [2.24, 2.45) is 0 Å². The van der Waals surface area contributed by atoms with E-state index in [4.69, 9.17) is 0 Å². The average Bonchev–Trinajstić information content (AvgIpc) is 3.48. The van der Waals surface area contributed by atoms with Gasteiger partial charge in [-0.3, -0.25) is 20.0 Å². The monoisotopic (exact) mass is 465 g/mol. The molecule has 1 aliphatic rings. The fraction of sp³-hybridized carbons (Fsp3) is 0.0769. The fourth-order valence-electron chi connectivity index (χ4n) is 4.26. The van der Waals surface area contributed by atoms with Gasteiger partial charge in [-0.1, -0.05) is 53.8 Å². The van der Waals surface area contributed by atoms with E-state index >= 15 is 0 Å². The molecule has 0 unspecified atom stereocenters. The summed E-state index contributed by atoms with van der Waals surface area (Å²) in [6.45, 7) is 0. The van der Waals surface area contributed by atoms with Crippen LogP contribution in [-0.4, -0.2) is 27.0 Å². The summed E-state index contributed by atoms with van der Waals surface area (Å²) in [5, 5.41) is 13.7. The molecule has 0 saturated heterocycles. The highest BCUT2D eigenvalue weighted by atomic mass is 32.1. The molecule has 0 atom stereocenters. The van der Waals surface area contributed by atoms with E-state index in [1.807, 2.05) is 48.5 Å². The number of hydrogen-bond acceptors (Lipinski definition) is 5. The quantitative estimate of drug-likeness (QED) is 0.336. The van der Waals surface area contributed by atoms with Gasteiger partial charge < -0.3 is 5.32 Å². The second kappa shape index (κ2) is 8.24. The number of aryl methyl sites for hydroxylation is 1. The smallest absolute Gasteiger partial charge is 0.273 e. The molecule has 0 radical (unpaired) electrons. The maximum absolute atomic E-state index is 13.0. The minimum atomic E-state index is -0.236. The van der Waals surface area contributed by atoms with Crippen molar-refractivity contribution in [1.82, 2.24) is 15.2 Å². The molecule has 7 nitrogen and oxygen atoms in total. The highest BCUT2D eigenvalue weighted by molar-refractivity contribution is 7.22. The van der Waals surface area contributed by atoms with E-state index in [0.29, 0.717) is 27.6 Å². The van der Waals surface area contributed by atoms with Gasteiger partial charge in [-0.25, -0.2) is 4.98 Å². The van der Waals surface area contributed by atoms with Crippen LogP contribution >= 0.6 is 11.3 Å². The van der Waals surface area contributed by atoms with Crippen molar-refractivity contribution in [3.05, 3.63) is 95.2 Å². The van der Waals surface area contributed by atoms with Crippen molar-refractivity contribution in [2.45, 2.75) is 12.8 Å². The fourth-order valence-corrected chi connectivity index (χ4v) is 5.10. The van der Waals surface area contributed by atoms with Crippen LogP contribution in [0.3, 0.4) is 0 Å². The number of fused-ring (bicyclic) bond motifs is 4. The number of nitrogens with one attached hydrogen (secondary N) is 3. The van der Waals surface area contributed by atoms with Crippen molar-refractivity contribution < 1.29 is 9.59 Å². The minimum Gasteiger partial charge on any atom is -0.321 e. The SMILES string of the molecule is O=C(Nc1nc2cc(NC(=O)c3[nH]nc4c3CCc3ccccc3-4)ccc2s1)c1ccccc1. The zero-order valence-electron chi connectivity index (χ0n) is 18.0. The number of H-pyrrole nitrogens is 1. The highest BCUT2D eigenvalue weighted by Crippen LogP contribution is 2.34. The first-order chi connectivity index (χ1) is 16.7. The number of amides is 2. The Bertz CT molecular complexity index is 1550.